The van der Waals surface area contributed by atoms with Gasteiger partial charge in [-0.1, -0.05) is 19.3 Å². The van der Waals surface area contributed by atoms with Crippen LogP contribution in [0, 0.1) is 5.92 Å². The number of fused-ring (bicyclic) bond motifs is 1. The van der Waals surface area contributed by atoms with Crippen LogP contribution in [-0.4, -0.2) is 55.2 Å². The zero-order valence-electron chi connectivity index (χ0n) is 19.7. The molecular formula is C23H29F3N4O5S. The molecule has 2 aromatic heterocycles. The number of halogens is 3. The van der Waals surface area contributed by atoms with Crippen LogP contribution in [0.25, 0.3) is 0 Å². The second-order valence-electron chi connectivity index (χ2n) is 9.67. The molecule has 1 unspecified atom stereocenters. The quantitative estimate of drug-likeness (QED) is 0.606. The Hall–Kier alpha value is -2.51. The molecule has 3 aliphatic rings. The molecule has 1 aliphatic carbocycles. The lowest BCUT2D eigenvalue weighted by Crippen LogP contribution is -2.53. The molecule has 1 atom stereocenters. The Morgan fingerprint density at radius 3 is 2.56 bits per heavy atom. The average Bonchev–Trinajstić information content (AvgIpc) is 3.49. The van der Waals surface area contributed by atoms with Gasteiger partial charge in [0.1, 0.15) is 12.2 Å². The number of thiophene rings is 1. The molecule has 5 rings (SSSR count). The van der Waals surface area contributed by atoms with E-state index in [0.29, 0.717) is 31.4 Å². The molecule has 2 fully saturated rings. The van der Waals surface area contributed by atoms with E-state index in [0.717, 1.165) is 38.9 Å². The van der Waals surface area contributed by atoms with Crippen molar-refractivity contribution in [2.75, 3.05) is 13.1 Å². The van der Waals surface area contributed by atoms with Crippen molar-refractivity contribution in [3.63, 3.8) is 0 Å². The summed E-state index contributed by atoms with van der Waals surface area (Å²) in [4.78, 5) is 36.9. The Bertz CT molecular complexity index is 1170. The number of alkyl halides is 3. The highest BCUT2D eigenvalue weighted by Gasteiger charge is 2.43. The lowest BCUT2D eigenvalue weighted by atomic mass is 9.89. The lowest BCUT2D eigenvalue weighted by Gasteiger charge is -2.35. The monoisotopic (exact) mass is 530 g/mol. The fourth-order valence-electron chi connectivity index (χ4n) is 5.09. The van der Waals surface area contributed by atoms with Crippen molar-refractivity contribution in [2.45, 2.75) is 76.5 Å². The third kappa shape index (κ3) is 6.24. The van der Waals surface area contributed by atoms with Crippen molar-refractivity contribution in [3.05, 3.63) is 48.9 Å². The third-order valence-electron chi connectivity index (χ3n) is 6.94. The highest BCUT2D eigenvalue weighted by molar-refractivity contribution is 7.07. The van der Waals surface area contributed by atoms with Crippen molar-refractivity contribution in [1.29, 1.82) is 0 Å². The van der Waals surface area contributed by atoms with Crippen LogP contribution in [0.5, 0.6) is 0 Å². The topological polar surface area (TPSA) is 107 Å². The molecule has 1 spiro atoms. The molecule has 9 nitrogen and oxygen atoms in total. The van der Waals surface area contributed by atoms with Gasteiger partial charge < -0.3 is 9.84 Å². The predicted octanol–water partition coefficient (Wildman–Crippen LogP) is 2.85. The third-order valence-corrected chi connectivity index (χ3v) is 7.68. The number of rotatable bonds is 4. The van der Waals surface area contributed by atoms with Crippen molar-refractivity contribution in [1.82, 2.24) is 19.2 Å². The summed E-state index contributed by atoms with van der Waals surface area (Å²) in [5.74, 6) is -1.72. The smallest absolute Gasteiger partial charge is 0.475 e. The lowest BCUT2D eigenvalue weighted by molar-refractivity contribution is -0.192. The van der Waals surface area contributed by atoms with Gasteiger partial charge in [0, 0.05) is 26.2 Å². The second-order valence-corrected chi connectivity index (χ2v) is 10.4. The first-order valence-electron chi connectivity index (χ1n) is 11.9. The zero-order chi connectivity index (χ0) is 25.9. The Morgan fingerprint density at radius 2 is 1.92 bits per heavy atom. The van der Waals surface area contributed by atoms with E-state index >= 15 is 0 Å². The molecule has 0 bridgehead atoms. The van der Waals surface area contributed by atoms with Crippen LogP contribution in [-0.2, 0) is 35.8 Å². The molecule has 0 amide bonds. The first-order chi connectivity index (χ1) is 17.1. The summed E-state index contributed by atoms with van der Waals surface area (Å²) in [7, 11) is 0. The van der Waals surface area contributed by atoms with Gasteiger partial charge in [0.25, 0.3) is 0 Å². The van der Waals surface area contributed by atoms with Crippen molar-refractivity contribution < 1.29 is 27.8 Å². The number of carboxylic acids is 1. The number of aliphatic carboxylic acids is 1. The van der Waals surface area contributed by atoms with Crippen molar-refractivity contribution in [3.8, 4) is 0 Å². The molecule has 2 aromatic rings. The first kappa shape index (κ1) is 26.6. The Balaban J connectivity index is 0.000000384. The van der Waals surface area contributed by atoms with Crippen molar-refractivity contribution >= 4 is 17.3 Å². The minimum absolute atomic E-state index is 0.298. The van der Waals surface area contributed by atoms with Gasteiger partial charge in [0.2, 0.25) is 0 Å². The van der Waals surface area contributed by atoms with Crippen LogP contribution in [0.2, 0.25) is 0 Å². The Labute approximate surface area is 209 Å². The highest BCUT2D eigenvalue weighted by Crippen LogP contribution is 2.32. The maximum absolute atomic E-state index is 12.9. The summed E-state index contributed by atoms with van der Waals surface area (Å²) in [5.41, 5.74) is -0.00164. The van der Waals surface area contributed by atoms with Gasteiger partial charge in [0.15, 0.2) is 5.82 Å². The zero-order valence-corrected chi connectivity index (χ0v) is 20.5. The number of nitrogens with zero attached hydrogens (tertiary/aromatic N) is 4. The van der Waals surface area contributed by atoms with E-state index in [1.54, 1.807) is 15.9 Å². The van der Waals surface area contributed by atoms with Crippen LogP contribution in [0.4, 0.5) is 13.2 Å². The predicted molar refractivity (Wildman–Crippen MR) is 125 cm³/mol. The number of carboxylic acid groups (broad SMARTS) is 1. The number of ether oxygens (including phenoxy) is 1. The van der Waals surface area contributed by atoms with E-state index in [4.69, 9.17) is 14.6 Å². The molecule has 36 heavy (non-hydrogen) atoms. The maximum atomic E-state index is 12.9. The van der Waals surface area contributed by atoms with E-state index in [9.17, 15) is 22.8 Å². The Morgan fingerprint density at radius 1 is 1.19 bits per heavy atom. The summed E-state index contributed by atoms with van der Waals surface area (Å²) in [6, 6.07) is 2.15. The number of likely N-dealkylation sites (tertiary alicyclic amines) is 1. The normalized spacial score (nSPS) is 22.8. The fraction of sp³-hybridized carbons (Fsp3) is 0.652. The molecule has 0 aromatic carbocycles. The number of hydrogen-bond acceptors (Lipinski definition) is 7. The minimum Gasteiger partial charge on any atom is -0.475 e. The van der Waals surface area contributed by atoms with E-state index in [1.807, 2.05) is 0 Å². The van der Waals surface area contributed by atoms with Crippen LogP contribution in [0.1, 0.15) is 49.9 Å². The van der Waals surface area contributed by atoms with Crippen molar-refractivity contribution in [2.24, 2.45) is 5.92 Å². The van der Waals surface area contributed by atoms with E-state index in [1.165, 1.54) is 29.5 Å². The Kier molecular flexibility index (Phi) is 8.00. The van der Waals surface area contributed by atoms with Crippen LogP contribution in [0.3, 0.4) is 0 Å². The fourth-order valence-corrected chi connectivity index (χ4v) is 5.75. The summed E-state index contributed by atoms with van der Waals surface area (Å²) < 4.78 is 41.0. The number of aromatic nitrogens is 3. The number of hydrogen-bond donors (Lipinski definition) is 1. The molecule has 2 aliphatic heterocycles. The van der Waals surface area contributed by atoms with Gasteiger partial charge in [-0.05, 0) is 47.6 Å². The van der Waals surface area contributed by atoms with Crippen LogP contribution in [0.15, 0.2) is 26.4 Å². The molecule has 1 N–H and O–H groups in total. The van der Waals surface area contributed by atoms with E-state index in [2.05, 4.69) is 26.8 Å². The minimum atomic E-state index is -5.08. The molecule has 0 radical (unpaired) electrons. The van der Waals surface area contributed by atoms with E-state index in [-0.39, 0.29) is 0 Å². The van der Waals surface area contributed by atoms with Gasteiger partial charge in [-0.2, -0.15) is 29.6 Å². The summed E-state index contributed by atoms with van der Waals surface area (Å²) in [6.45, 7) is 3.89. The van der Waals surface area contributed by atoms with Gasteiger partial charge in [-0.25, -0.2) is 9.48 Å². The van der Waals surface area contributed by atoms with Gasteiger partial charge in [-0.15, -0.1) is 0 Å². The molecule has 198 valence electrons. The molecular weight excluding hydrogens is 501 g/mol. The summed E-state index contributed by atoms with van der Waals surface area (Å²) >= 11 is 1.71. The second kappa shape index (κ2) is 10.9. The summed E-state index contributed by atoms with van der Waals surface area (Å²) in [5, 5.41) is 15.9. The highest BCUT2D eigenvalue weighted by atomic mass is 32.1. The first-order valence-corrected chi connectivity index (χ1v) is 12.9. The molecule has 1 saturated carbocycles. The standard InChI is InChI=1S/C21H28N4O3S.C2HF3O2/c26-19-20(27)25(11-16-4-2-1-3-5-16)22-18-12-28-21(15-24(18)19)7-8-23(14-21)10-17-6-9-29-13-17;3-2(4,5)1(6)7/h6,9,13,16H,1-5,7-8,10-12,14-15H2;(H,6,7). The molecule has 1 saturated heterocycles. The van der Waals surface area contributed by atoms with Gasteiger partial charge >= 0.3 is 23.3 Å². The molecule has 13 heteroatoms. The van der Waals surface area contributed by atoms with Crippen LogP contribution >= 0.6 is 11.3 Å². The van der Waals surface area contributed by atoms with Gasteiger partial charge in [0.05, 0.1) is 6.54 Å². The maximum Gasteiger partial charge on any atom is 0.490 e. The molecule has 4 heterocycles. The average molecular weight is 531 g/mol. The largest absolute Gasteiger partial charge is 0.490 e. The summed E-state index contributed by atoms with van der Waals surface area (Å²) in [6.07, 6.45) is 1.70. The number of carbonyl (C=O) groups is 1. The van der Waals surface area contributed by atoms with Crippen LogP contribution < -0.4 is 11.1 Å². The van der Waals surface area contributed by atoms with Gasteiger partial charge in [-0.3, -0.25) is 19.1 Å². The van der Waals surface area contributed by atoms with E-state index < -0.39 is 28.9 Å². The SMILES string of the molecule is O=C(O)C(F)(F)F.O=c1c(=O)n2c(nn1CC1CCCCC1)COC1(CCN(Cc3ccsc3)C1)C2.